The molecule has 0 radical (unpaired) electrons. The number of aliphatic hydroxyl groups is 2. The summed E-state index contributed by atoms with van der Waals surface area (Å²) < 4.78 is 0. The zero-order valence-corrected chi connectivity index (χ0v) is 19.7. The van der Waals surface area contributed by atoms with Gasteiger partial charge in [0, 0.05) is 37.3 Å². The van der Waals surface area contributed by atoms with Crippen LogP contribution in [0.4, 0.5) is 0 Å². The molecular formula is C27H35N3O4. The lowest BCUT2D eigenvalue weighted by molar-refractivity contribution is -0.146. The number of carbonyl (C=O) groups excluding carboxylic acids is 2. The molecule has 2 fully saturated rings. The predicted octanol–water partition coefficient (Wildman–Crippen LogP) is 2.27. The Bertz CT molecular complexity index is 982. The monoisotopic (exact) mass is 465 g/mol. The van der Waals surface area contributed by atoms with Crippen LogP contribution in [0.5, 0.6) is 0 Å². The first-order chi connectivity index (χ1) is 16.3. The zero-order chi connectivity index (χ0) is 24.2. The highest BCUT2D eigenvalue weighted by molar-refractivity contribution is 5.92. The number of rotatable bonds is 9. The smallest absolute Gasteiger partial charge is 0.254 e. The van der Waals surface area contributed by atoms with Crippen LogP contribution in [-0.2, 0) is 11.3 Å². The van der Waals surface area contributed by atoms with E-state index in [-0.39, 0.29) is 0 Å². The van der Waals surface area contributed by atoms with E-state index in [0.29, 0.717) is 36.7 Å². The van der Waals surface area contributed by atoms with Gasteiger partial charge in [0.2, 0.25) is 5.91 Å². The molecule has 0 spiro atoms. The molecule has 2 saturated heterocycles. The number of piperidine rings is 1. The fourth-order valence-corrected chi connectivity index (χ4v) is 5.56. The molecular weight excluding hydrogens is 430 g/mol. The topological polar surface area (TPSA) is 107 Å². The van der Waals surface area contributed by atoms with Crippen LogP contribution in [0.2, 0.25) is 0 Å². The zero-order valence-electron chi connectivity index (χ0n) is 19.7. The van der Waals surface area contributed by atoms with Crippen molar-refractivity contribution in [3.05, 3.63) is 71.3 Å². The van der Waals surface area contributed by atoms with Crippen LogP contribution in [0.3, 0.4) is 0 Å². The molecule has 2 aliphatic heterocycles. The number of hydrogen-bond donors (Lipinski definition) is 3. The minimum absolute atomic E-state index is 0.396. The highest BCUT2D eigenvalue weighted by atomic mass is 16.3. The van der Waals surface area contributed by atoms with Crippen LogP contribution in [0.15, 0.2) is 54.6 Å². The number of benzene rings is 2. The standard InChI is InChI=1S/C27H35N3O4/c1-18(31)25(32)27(34)29(17-19-6-3-2-4-7-19)12-13-30-23-10-11-24(30)16-22(15-23)20-8-5-9-21(14-20)26(28)33/h2-9,14,18,22-25,31-32H,10-13,15-17H2,1H3,(H2,28,33)/t18-,22?,23?,24?,25+/m1/s1. The number of nitrogens with zero attached hydrogens (tertiary/aromatic N) is 2. The molecule has 2 bridgehead atoms. The largest absolute Gasteiger partial charge is 0.390 e. The maximum absolute atomic E-state index is 12.9. The summed E-state index contributed by atoms with van der Waals surface area (Å²) in [6.45, 7) is 3.05. The Labute approximate surface area is 201 Å². The lowest BCUT2D eigenvalue weighted by Gasteiger charge is -2.40. The van der Waals surface area contributed by atoms with Gasteiger partial charge >= 0.3 is 0 Å². The molecule has 4 N–H and O–H groups in total. The minimum atomic E-state index is -1.43. The molecule has 0 aromatic heterocycles. The number of aliphatic hydroxyl groups excluding tert-OH is 2. The Balaban J connectivity index is 1.43. The lowest BCUT2D eigenvalue weighted by Crippen LogP contribution is -2.49. The van der Waals surface area contributed by atoms with E-state index in [4.69, 9.17) is 5.73 Å². The minimum Gasteiger partial charge on any atom is -0.390 e. The van der Waals surface area contributed by atoms with Gasteiger partial charge in [0.1, 0.15) is 0 Å². The Morgan fingerprint density at radius 2 is 1.74 bits per heavy atom. The van der Waals surface area contributed by atoms with E-state index in [1.54, 1.807) is 11.0 Å². The summed E-state index contributed by atoms with van der Waals surface area (Å²) in [6.07, 6.45) is 1.74. The van der Waals surface area contributed by atoms with E-state index in [9.17, 15) is 19.8 Å². The van der Waals surface area contributed by atoms with Crippen molar-refractivity contribution in [2.45, 2.75) is 69.4 Å². The Morgan fingerprint density at radius 1 is 1.06 bits per heavy atom. The van der Waals surface area contributed by atoms with Gasteiger partial charge in [-0.1, -0.05) is 42.5 Å². The second kappa shape index (κ2) is 10.7. The molecule has 4 atom stereocenters. The third kappa shape index (κ3) is 5.49. The molecule has 2 amide bonds. The molecule has 7 nitrogen and oxygen atoms in total. The molecule has 4 rings (SSSR count). The molecule has 7 heteroatoms. The highest BCUT2D eigenvalue weighted by Crippen LogP contribution is 2.43. The molecule has 0 saturated carbocycles. The van der Waals surface area contributed by atoms with E-state index in [2.05, 4.69) is 11.0 Å². The van der Waals surface area contributed by atoms with E-state index in [0.717, 1.165) is 37.8 Å². The van der Waals surface area contributed by atoms with E-state index in [1.165, 1.54) is 12.5 Å². The van der Waals surface area contributed by atoms with Crippen molar-refractivity contribution in [3.8, 4) is 0 Å². The fourth-order valence-electron chi connectivity index (χ4n) is 5.56. The number of hydrogen-bond acceptors (Lipinski definition) is 5. The van der Waals surface area contributed by atoms with Crippen LogP contribution in [0, 0.1) is 0 Å². The third-order valence-corrected chi connectivity index (χ3v) is 7.39. The second-order valence-electron chi connectivity index (χ2n) is 9.71. The first-order valence-electron chi connectivity index (χ1n) is 12.2. The van der Waals surface area contributed by atoms with Gasteiger partial charge in [-0.2, -0.15) is 0 Å². The molecule has 2 heterocycles. The number of nitrogens with two attached hydrogens (primary N) is 1. The van der Waals surface area contributed by atoms with Crippen LogP contribution >= 0.6 is 0 Å². The molecule has 2 unspecified atom stereocenters. The van der Waals surface area contributed by atoms with Gasteiger partial charge in [0.15, 0.2) is 6.10 Å². The maximum Gasteiger partial charge on any atom is 0.254 e. The summed E-state index contributed by atoms with van der Waals surface area (Å²) in [5.41, 5.74) is 8.20. The van der Waals surface area contributed by atoms with Crippen molar-refractivity contribution in [1.29, 1.82) is 0 Å². The van der Waals surface area contributed by atoms with E-state index in [1.807, 2.05) is 42.5 Å². The van der Waals surface area contributed by atoms with Crippen molar-refractivity contribution >= 4 is 11.8 Å². The Hall–Kier alpha value is -2.74. The first kappa shape index (κ1) is 24.4. The third-order valence-electron chi connectivity index (χ3n) is 7.39. The lowest BCUT2D eigenvalue weighted by atomic mass is 9.84. The molecule has 0 aliphatic carbocycles. The highest BCUT2D eigenvalue weighted by Gasteiger charge is 2.41. The Morgan fingerprint density at radius 3 is 2.35 bits per heavy atom. The van der Waals surface area contributed by atoms with Crippen molar-refractivity contribution in [2.75, 3.05) is 13.1 Å². The van der Waals surface area contributed by atoms with Gasteiger partial charge in [-0.05, 0) is 61.8 Å². The molecule has 2 aliphatic rings. The van der Waals surface area contributed by atoms with Crippen LogP contribution < -0.4 is 5.73 Å². The van der Waals surface area contributed by atoms with E-state index >= 15 is 0 Å². The van der Waals surface area contributed by atoms with Crippen molar-refractivity contribution in [3.63, 3.8) is 0 Å². The average Bonchev–Trinajstić information content (AvgIpc) is 3.07. The van der Waals surface area contributed by atoms with Gasteiger partial charge in [0.25, 0.3) is 5.91 Å². The molecule has 2 aromatic carbocycles. The van der Waals surface area contributed by atoms with Crippen LogP contribution in [0.25, 0.3) is 0 Å². The van der Waals surface area contributed by atoms with Crippen molar-refractivity contribution in [2.24, 2.45) is 5.73 Å². The van der Waals surface area contributed by atoms with Gasteiger partial charge in [-0.3, -0.25) is 14.5 Å². The Kier molecular flexibility index (Phi) is 7.66. The van der Waals surface area contributed by atoms with Crippen molar-refractivity contribution < 1.29 is 19.8 Å². The number of carbonyl (C=O) groups is 2. The summed E-state index contributed by atoms with van der Waals surface area (Å²) in [4.78, 5) is 28.7. The summed E-state index contributed by atoms with van der Waals surface area (Å²) in [5, 5.41) is 20.0. The number of amides is 2. The van der Waals surface area contributed by atoms with Gasteiger partial charge < -0.3 is 20.8 Å². The molecule has 2 aromatic rings. The second-order valence-corrected chi connectivity index (χ2v) is 9.71. The number of fused-ring (bicyclic) bond motifs is 2. The van der Waals surface area contributed by atoms with Crippen molar-refractivity contribution in [1.82, 2.24) is 9.80 Å². The molecule has 182 valence electrons. The van der Waals surface area contributed by atoms with Crippen LogP contribution in [-0.4, -0.2) is 69.2 Å². The normalized spacial score (nSPS) is 23.9. The predicted molar refractivity (Wildman–Crippen MR) is 130 cm³/mol. The summed E-state index contributed by atoms with van der Waals surface area (Å²) in [7, 11) is 0. The first-order valence-corrected chi connectivity index (χ1v) is 12.2. The fraction of sp³-hybridized carbons (Fsp3) is 0.481. The quantitative estimate of drug-likeness (QED) is 0.527. The van der Waals surface area contributed by atoms with Gasteiger partial charge in [-0.25, -0.2) is 0 Å². The summed E-state index contributed by atoms with van der Waals surface area (Å²) >= 11 is 0. The molecule has 34 heavy (non-hydrogen) atoms. The maximum atomic E-state index is 12.9. The SMILES string of the molecule is C[C@@H](O)[C@H](O)C(=O)N(CCN1C2CCC1CC(c1cccc(C(N)=O)c1)C2)Cc1ccccc1. The van der Waals surface area contributed by atoms with E-state index < -0.39 is 24.0 Å². The average molecular weight is 466 g/mol. The summed E-state index contributed by atoms with van der Waals surface area (Å²) in [5.74, 6) is -0.443. The summed E-state index contributed by atoms with van der Waals surface area (Å²) in [6, 6.07) is 18.3. The number of primary amides is 1. The van der Waals surface area contributed by atoms with Crippen LogP contribution in [0.1, 0.15) is 60.0 Å². The van der Waals surface area contributed by atoms with Gasteiger partial charge in [-0.15, -0.1) is 0 Å². The van der Waals surface area contributed by atoms with Gasteiger partial charge in [0.05, 0.1) is 6.10 Å².